The van der Waals surface area contributed by atoms with Gasteiger partial charge in [-0.05, 0) is 6.07 Å². The molecular weight excluding hydrogens is 254 g/mol. The first-order chi connectivity index (χ1) is 8.74. The molecule has 4 nitrogen and oxygen atoms in total. The molecule has 1 aromatic heterocycles. The van der Waals surface area contributed by atoms with E-state index < -0.39 is 0 Å². The summed E-state index contributed by atoms with van der Waals surface area (Å²) in [4.78, 5) is 4.01. The Balaban J connectivity index is 2.28. The predicted octanol–water partition coefficient (Wildman–Crippen LogP) is 2.51. The number of hydrogen-bond donors (Lipinski definition) is 2. The lowest BCUT2D eigenvalue weighted by molar-refractivity contribution is 0.275. The molecule has 2 rings (SSSR count). The lowest BCUT2D eigenvalue weighted by Crippen LogP contribution is -1.95. The number of halogens is 1. The monoisotopic (exact) mass is 265 g/mol. The summed E-state index contributed by atoms with van der Waals surface area (Å²) in [6, 6.07) is 8.68. The van der Waals surface area contributed by atoms with Crippen molar-refractivity contribution in [1.29, 1.82) is 0 Å². The number of benzene rings is 1. The van der Waals surface area contributed by atoms with Crippen molar-refractivity contribution in [2.75, 3.05) is 0 Å². The topological polar surface area (TPSA) is 62.6 Å². The Kier molecular flexibility index (Phi) is 4.15. The highest BCUT2D eigenvalue weighted by molar-refractivity contribution is 6.31. The van der Waals surface area contributed by atoms with Gasteiger partial charge in [-0.1, -0.05) is 29.8 Å². The third kappa shape index (κ3) is 2.79. The van der Waals surface area contributed by atoms with Crippen LogP contribution < -0.4 is 4.74 Å². The van der Waals surface area contributed by atoms with Gasteiger partial charge in [0.1, 0.15) is 5.75 Å². The van der Waals surface area contributed by atoms with Gasteiger partial charge >= 0.3 is 0 Å². The van der Waals surface area contributed by atoms with E-state index in [0.29, 0.717) is 27.8 Å². The van der Waals surface area contributed by atoms with Crippen LogP contribution in [0.5, 0.6) is 11.6 Å². The molecule has 1 aromatic carbocycles. The van der Waals surface area contributed by atoms with E-state index >= 15 is 0 Å². The summed E-state index contributed by atoms with van der Waals surface area (Å²) in [5.41, 5.74) is 1.21. The van der Waals surface area contributed by atoms with Gasteiger partial charge in [0.25, 0.3) is 0 Å². The van der Waals surface area contributed by atoms with E-state index in [1.165, 1.54) is 6.20 Å². The van der Waals surface area contributed by atoms with Gasteiger partial charge < -0.3 is 14.9 Å². The molecule has 0 aliphatic rings. The molecule has 0 bridgehead atoms. The van der Waals surface area contributed by atoms with Gasteiger partial charge in [-0.25, -0.2) is 4.98 Å². The minimum absolute atomic E-state index is 0.114. The molecule has 1 heterocycles. The second-order valence-corrected chi connectivity index (χ2v) is 4.05. The van der Waals surface area contributed by atoms with Gasteiger partial charge in [-0.2, -0.15) is 0 Å². The summed E-state index contributed by atoms with van der Waals surface area (Å²) in [6.45, 7) is -0.296. The number of pyridine rings is 1. The number of rotatable bonds is 4. The van der Waals surface area contributed by atoms with Crippen LogP contribution in [0.3, 0.4) is 0 Å². The zero-order valence-corrected chi connectivity index (χ0v) is 10.3. The van der Waals surface area contributed by atoms with Gasteiger partial charge in [0.15, 0.2) is 0 Å². The highest BCUT2D eigenvalue weighted by atomic mass is 35.5. The van der Waals surface area contributed by atoms with Crippen molar-refractivity contribution >= 4 is 11.6 Å². The van der Waals surface area contributed by atoms with Crippen molar-refractivity contribution in [3.05, 3.63) is 52.7 Å². The molecule has 0 amide bonds. The summed E-state index contributed by atoms with van der Waals surface area (Å²) in [7, 11) is 0. The van der Waals surface area contributed by atoms with Crippen LogP contribution >= 0.6 is 11.6 Å². The Morgan fingerprint density at radius 3 is 2.56 bits per heavy atom. The van der Waals surface area contributed by atoms with E-state index in [4.69, 9.17) is 21.4 Å². The Bertz CT molecular complexity index is 546. The minimum Gasteiger partial charge on any atom is -0.439 e. The van der Waals surface area contributed by atoms with Crippen LogP contribution in [-0.2, 0) is 13.2 Å². The summed E-state index contributed by atoms with van der Waals surface area (Å²) in [6.07, 6.45) is 1.42. The maximum absolute atomic E-state index is 9.18. The van der Waals surface area contributed by atoms with Crippen LogP contribution in [0.15, 0.2) is 36.5 Å². The average Bonchev–Trinajstić information content (AvgIpc) is 2.41. The molecule has 0 atom stereocenters. The van der Waals surface area contributed by atoms with E-state index in [1.807, 2.05) is 6.07 Å². The van der Waals surface area contributed by atoms with Crippen molar-refractivity contribution < 1.29 is 14.9 Å². The second-order valence-electron chi connectivity index (χ2n) is 3.64. The number of ether oxygens (including phenoxy) is 1. The standard InChI is InChI=1S/C13H12ClNO3/c14-11-6-15-13(5-10(11)8-17)18-12-4-2-1-3-9(12)7-16/h1-6,16-17H,7-8H2. The number of aliphatic hydroxyl groups is 2. The first-order valence-corrected chi connectivity index (χ1v) is 5.74. The van der Waals surface area contributed by atoms with Crippen LogP contribution in [0.25, 0.3) is 0 Å². The molecule has 0 spiro atoms. The number of nitrogens with zero attached hydrogens (tertiary/aromatic N) is 1. The summed E-state index contributed by atoms with van der Waals surface area (Å²) < 4.78 is 5.56. The molecule has 0 radical (unpaired) electrons. The lowest BCUT2D eigenvalue weighted by atomic mass is 10.2. The van der Waals surface area contributed by atoms with Gasteiger partial charge in [-0.15, -0.1) is 0 Å². The van der Waals surface area contributed by atoms with E-state index in [0.717, 1.165) is 0 Å². The van der Waals surface area contributed by atoms with Crippen molar-refractivity contribution in [2.24, 2.45) is 0 Å². The van der Waals surface area contributed by atoms with E-state index in [1.54, 1.807) is 24.3 Å². The smallest absolute Gasteiger partial charge is 0.219 e. The Labute approximate surface area is 109 Å². The zero-order valence-electron chi connectivity index (χ0n) is 9.51. The van der Waals surface area contributed by atoms with Crippen LogP contribution in [0.2, 0.25) is 5.02 Å². The van der Waals surface area contributed by atoms with Crippen molar-refractivity contribution in [3.63, 3.8) is 0 Å². The fraction of sp³-hybridized carbons (Fsp3) is 0.154. The van der Waals surface area contributed by atoms with E-state index in [-0.39, 0.29) is 13.2 Å². The molecule has 0 unspecified atom stereocenters. The lowest BCUT2D eigenvalue weighted by Gasteiger charge is -2.09. The molecule has 0 fully saturated rings. The first-order valence-electron chi connectivity index (χ1n) is 5.36. The van der Waals surface area contributed by atoms with Crippen molar-refractivity contribution in [2.45, 2.75) is 13.2 Å². The molecule has 0 aliphatic heterocycles. The average molecular weight is 266 g/mol. The zero-order chi connectivity index (χ0) is 13.0. The second kappa shape index (κ2) is 5.82. The fourth-order valence-corrected chi connectivity index (χ4v) is 1.65. The van der Waals surface area contributed by atoms with Gasteiger partial charge in [0, 0.05) is 23.4 Å². The summed E-state index contributed by atoms with van der Waals surface area (Å²) in [5, 5.41) is 18.7. The number of para-hydroxylation sites is 1. The van der Waals surface area contributed by atoms with Crippen LogP contribution in [0.1, 0.15) is 11.1 Å². The Morgan fingerprint density at radius 1 is 1.11 bits per heavy atom. The van der Waals surface area contributed by atoms with Gasteiger partial charge in [0.2, 0.25) is 5.88 Å². The third-order valence-electron chi connectivity index (χ3n) is 2.44. The fourth-order valence-electron chi connectivity index (χ4n) is 1.48. The SMILES string of the molecule is OCc1cc(Oc2ccccc2CO)ncc1Cl. The molecule has 0 saturated heterocycles. The molecule has 0 saturated carbocycles. The Morgan fingerprint density at radius 2 is 1.83 bits per heavy atom. The van der Waals surface area contributed by atoms with Crippen molar-refractivity contribution in [3.8, 4) is 11.6 Å². The van der Waals surface area contributed by atoms with Crippen LogP contribution in [-0.4, -0.2) is 15.2 Å². The number of aromatic nitrogens is 1. The molecule has 2 N–H and O–H groups in total. The normalized spacial score (nSPS) is 10.4. The van der Waals surface area contributed by atoms with E-state index in [2.05, 4.69) is 4.98 Å². The number of aliphatic hydroxyl groups excluding tert-OH is 2. The van der Waals surface area contributed by atoms with Crippen LogP contribution in [0, 0.1) is 0 Å². The molecule has 5 heteroatoms. The highest BCUT2D eigenvalue weighted by Gasteiger charge is 2.07. The third-order valence-corrected chi connectivity index (χ3v) is 2.78. The first kappa shape index (κ1) is 12.8. The highest BCUT2D eigenvalue weighted by Crippen LogP contribution is 2.26. The maximum atomic E-state index is 9.18. The van der Waals surface area contributed by atoms with Crippen LogP contribution in [0.4, 0.5) is 0 Å². The summed E-state index contributed by atoms with van der Waals surface area (Å²) in [5.74, 6) is 0.850. The van der Waals surface area contributed by atoms with Gasteiger partial charge in [0.05, 0.1) is 18.2 Å². The van der Waals surface area contributed by atoms with E-state index in [9.17, 15) is 5.11 Å². The predicted molar refractivity (Wildman–Crippen MR) is 67.6 cm³/mol. The maximum Gasteiger partial charge on any atom is 0.219 e. The molecule has 2 aromatic rings. The van der Waals surface area contributed by atoms with Gasteiger partial charge in [-0.3, -0.25) is 0 Å². The summed E-state index contributed by atoms with van der Waals surface area (Å²) >= 11 is 5.84. The molecule has 94 valence electrons. The minimum atomic E-state index is -0.181. The van der Waals surface area contributed by atoms with Crippen molar-refractivity contribution in [1.82, 2.24) is 4.98 Å². The molecular formula is C13H12ClNO3. The molecule has 18 heavy (non-hydrogen) atoms. The quantitative estimate of drug-likeness (QED) is 0.892. The largest absolute Gasteiger partial charge is 0.439 e. The Hall–Kier alpha value is -1.62. The molecule has 0 aliphatic carbocycles. The number of hydrogen-bond acceptors (Lipinski definition) is 4.